The summed E-state index contributed by atoms with van der Waals surface area (Å²) in [5.74, 6) is -2.42. The van der Waals surface area contributed by atoms with Crippen LogP contribution in [0.3, 0.4) is 0 Å². The van der Waals surface area contributed by atoms with E-state index >= 15 is 0 Å². The first-order valence-electron chi connectivity index (χ1n) is 8.32. The number of amides is 2. The van der Waals surface area contributed by atoms with E-state index in [1.165, 1.54) is 0 Å². The van der Waals surface area contributed by atoms with E-state index in [0.717, 1.165) is 6.42 Å². The topological polar surface area (TPSA) is 182 Å². The molecule has 3 atom stereocenters. The lowest BCUT2D eigenvalue weighted by Crippen LogP contribution is -2.78. The van der Waals surface area contributed by atoms with Crippen molar-refractivity contribution in [3.63, 3.8) is 0 Å². The van der Waals surface area contributed by atoms with Crippen LogP contribution in [0.25, 0.3) is 0 Å². The van der Waals surface area contributed by atoms with Crippen LogP contribution < -0.4 is 32.6 Å². The number of nitrogens with two attached hydrogens (primary N) is 3. The molecule has 2 amide bonds. The summed E-state index contributed by atoms with van der Waals surface area (Å²) in [5, 5.41) is 11.7. The second-order valence-electron chi connectivity index (χ2n) is 6.05. The lowest BCUT2D eigenvalue weighted by atomic mass is 10.0. The fourth-order valence-electron chi connectivity index (χ4n) is 2.57. The SMILES string of the molecule is NC(N)=[NH+]CCCNC(=O)[C@@H]1CS[C@H]2CC[C@@H](N)C(=O)N21.O=C([O-])C(F)(F)F. The average Bonchev–Trinajstić information content (AvgIpc) is 3.02. The number of nitrogens with zero attached hydrogens (tertiary/aromatic N) is 1. The molecular weight excluding hydrogens is 405 g/mol. The number of carboxylic acid groups (broad SMARTS) is 1. The Bertz CT molecular complexity index is 614. The molecule has 2 heterocycles. The Balaban J connectivity index is 0.000000480. The molecule has 0 aromatic rings. The predicted molar refractivity (Wildman–Crippen MR) is 92.0 cm³/mol. The number of rotatable bonds is 5. The van der Waals surface area contributed by atoms with Gasteiger partial charge >= 0.3 is 12.1 Å². The molecule has 2 rings (SSSR count). The minimum absolute atomic E-state index is 0.0985. The molecule has 0 aromatic carbocycles. The van der Waals surface area contributed by atoms with Crippen LogP contribution in [-0.4, -0.2) is 71.1 Å². The van der Waals surface area contributed by atoms with Crippen molar-refractivity contribution in [3.8, 4) is 0 Å². The van der Waals surface area contributed by atoms with Crippen molar-refractivity contribution in [2.75, 3.05) is 18.8 Å². The Morgan fingerprint density at radius 1 is 1.32 bits per heavy atom. The molecule has 2 aliphatic heterocycles. The van der Waals surface area contributed by atoms with Gasteiger partial charge in [-0.3, -0.25) is 26.0 Å². The fourth-order valence-corrected chi connectivity index (χ4v) is 4.00. The standard InChI is InChI=1S/C12H22N6O2S.C2HF3O2/c13-7-2-3-9-18(11(7)20)8(6-21-9)10(19)16-4-1-5-17-12(14)15;3-2(4,5)1(6)7/h7-9H,1-6,13H2,(H,16,19)(H4,14,15,17);(H,6,7)/t7-,8+,9+;/m1./s1. The summed E-state index contributed by atoms with van der Waals surface area (Å²) in [6.45, 7) is 1.11. The third kappa shape index (κ3) is 7.07. The number of fused-ring (bicyclic) bond motifs is 1. The Labute approximate surface area is 163 Å². The van der Waals surface area contributed by atoms with Crippen molar-refractivity contribution in [3.05, 3.63) is 0 Å². The largest absolute Gasteiger partial charge is 0.542 e. The summed E-state index contributed by atoms with van der Waals surface area (Å²) in [4.78, 5) is 37.6. The lowest BCUT2D eigenvalue weighted by Gasteiger charge is -2.35. The van der Waals surface area contributed by atoms with Gasteiger partial charge < -0.3 is 25.9 Å². The van der Waals surface area contributed by atoms with Crippen LogP contribution in [0, 0.1) is 0 Å². The van der Waals surface area contributed by atoms with Gasteiger partial charge in [-0.1, -0.05) is 0 Å². The second-order valence-corrected chi connectivity index (χ2v) is 7.26. The predicted octanol–water partition coefficient (Wildman–Crippen LogP) is -4.46. The Kier molecular flexibility index (Phi) is 8.81. The normalized spacial score (nSPS) is 23.9. The minimum Gasteiger partial charge on any atom is -0.542 e. The Morgan fingerprint density at radius 3 is 2.46 bits per heavy atom. The maximum Gasteiger partial charge on any atom is 0.430 e. The third-order valence-corrected chi connectivity index (χ3v) is 5.26. The van der Waals surface area contributed by atoms with Gasteiger partial charge in [0.1, 0.15) is 12.0 Å². The van der Waals surface area contributed by atoms with E-state index in [9.17, 15) is 22.8 Å². The quantitative estimate of drug-likeness (QED) is 0.165. The van der Waals surface area contributed by atoms with Crippen LogP contribution in [-0.2, 0) is 14.4 Å². The molecule has 160 valence electrons. The third-order valence-electron chi connectivity index (χ3n) is 3.90. The van der Waals surface area contributed by atoms with Crippen molar-refractivity contribution in [2.45, 2.75) is 42.9 Å². The smallest absolute Gasteiger partial charge is 0.430 e. The molecule has 0 aromatic heterocycles. The monoisotopic (exact) mass is 428 g/mol. The van der Waals surface area contributed by atoms with Crippen LogP contribution in [0.5, 0.6) is 0 Å². The summed E-state index contributed by atoms with van der Waals surface area (Å²) in [7, 11) is 0. The van der Waals surface area contributed by atoms with Gasteiger partial charge in [0.25, 0.3) is 0 Å². The van der Waals surface area contributed by atoms with Crippen LogP contribution in [0.2, 0.25) is 0 Å². The molecule has 0 bridgehead atoms. The van der Waals surface area contributed by atoms with Crippen LogP contribution in [0.15, 0.2) is 0 Å². The molecule has 0 saturated carbocycles. The molecule has 0 unspecified atom stereocenters. The number of nitrogens with one attached hydrogen (secondary N) is 2. The van der Waals surface area contributed by atoms with Gasteiger partial charge in [0.2, 0.25) is 11.8 Å². The first-order valence-corrected chi connectivity index (χ1v) is 9.37. The van der Waals surface area contributed by atoms with E-state index in [1.807, 2.05) is 0 Å². The summed E-state index contributed by atoms with van der Waals surface area (Å²) >= 11 is 1.66. The molecule has 2 aliphatic rings. The number of guanidine groups is 1. The molecular formula is C14H23F3N6O4S. The molecule has 28 heavy (non-hydrogen) atoms. The number of thioether (sulfide) groups is 1. The number of carboxylic acids is 1. The Hall–Kier alpha value is -2.22. The molecule has 0 aliphatic carbocycles. The lowest BCUT2D eigenvalue weighted by molar-refractivity contribution is -0.459. The van der Waals surface area contributed by atoms with Crippen molar-refractivity contribution < 1.29 is 37.7 Å². The Morgan fingerprint density at radius 2 is 1.93 bits per heavy atom. The van der Waals surface area contributed by atoms with E-state index in [2.05, 4.69) is 10.3 Å². The number of aliphatic carboxylic acids is 1. The molecule has 8 N–H and O–H groups in total. The van der Waals surface area contributed by atoms with Gasteiger partial charge in [0.15, 0.2) is 0 Å². The highest BCUT2D eigenvalue weighted by molar-refractivity contribution is 8.00. The van der Waals surface area contributed by atoms with Gasteiger partial charge in [-0.25, -0.2) is 0 Å². The van der Waals surface area contributed by atoms with Gasteiger partial charge in [-0.05, 0) is 19.3 Å². The number of piperidine rings is 1. The zero-order chi connectivity index (χ0) is 21.5. The van der Waals surface area contributed by atoms with Gasteiger partial charge in [-0.2, -0.15) is 13.2 Å². The zero-order valence-electron chi connectivity index (χ0n) is 14.8. The van der Waals surface area contributed by atoms with Crippen LogP contribution >= 0.6 is 11.8 Å². The van der Waals surface area contributed by atoms with Gasteiger partial charge in [-0.15, -0.1) is 11.8 Å². The second kappa shape index (κ2) is 10.4. The number of halogens is 3. The molecule has 0 spiro atoms. The molecule has 2 fully saturated rings. The van der Waals surface area contributed by atoms with Crippen molar-refractivity contribution in [1.29, 1.82) is 0 Å². The van der Waals surface area contributed by atoms with E-state index in [0.29, 0.717) is 31.7 Å². The molecule has 10 nitrogen and oxygen atoms in total. The summed E-state index contributed by atoms with van der Waals surface area (Å²) in [6.07, 6.45) is -2.93. The molecule has 14 heteroatoms. The van der Waals surface area contributed by atoms with E-state index < -0.39 is 24.2 Å². The van der Waals surface area contributed by atoms with Gasteiger partial charge in [0, 0.05) is 12.3 Å². The summed E-state index contributed by atoms with van der Waals surface area (Å²) in [5.41, 5.74) is 16.3. The summed E-state index contributed by atoms with van der Waals surface area (Å²) < 4.78 is 31.5. The molecule has 2 saturated heterocycles. The number of carbonyl (C=O) groups excluding carboxylic acids is 3. The van der Waals surface area contributed by atoms with E-state index in [4.69, 9.17) is 27.1 Å². The number of carbonyl (C=O) groups is 3. The maximum absolute atomic E-state index is 12.2. The van der Waals surface area contributed by atoms with Crippen molar-refractivity contribution in [1.82, 2.24) is 10.2 Å². The highest BCUT2D eigenvalue weighted by atomic mass is 32.2. The fraction of sp³-hybridized carbons (Fsp3) is 0.714. The highest BCUT2D eigenvalue weighted by Crippen LogP contribution is 2.36. The van der Waals surface area contributed by atoms with Gasteiger partial charge in [0.05, 0.1) is 18.0 Å². The number of hydrogen-bond acceptors (Lipinski definition) is 6. The van der Waals surface area contributed by atoms with Crippen LogP contribution in [0.4, 0.5) is 13.2 Å². The maximum atomic E-state index is 12.2. The van der Waals surface area contributed by atoms with Crippen LogP contribution in [0.1, 0.15) is 19.3 Å². The minimum atomic E-state index is -5.19. The van der Waals surface area contributed by atoms with Crippen molar-refractivity contribution in [2.24, 2.45) is 17.2 Å². The van der Waals surface area contributed by atoms with Crippen molar-refractivity contribution >= 4 is 35.5 Å². The molecule has 0 radical (unpaired) electrons. The first-order chi connectivity index (χ1) is 12.9. The highest BCUT2D eigenvalue weighted by Gasteiger charge is 2.45. The zero-order valence-corrected chi connectivity index (χ0v) is 15.6. The average molecular weight is 428 g/mol. The number of hydrogen-bond donors (Lipinski definition) is 5. The van der Waals surface area contributed by atoms with E-state index in [-0.39, 0.29) is 23.1 Å². The summed E-state index contributed by atoms with van der Waals surface area (Å²) in [6, 6.07) is -0.875. The number of alkyl halides is 3. The van der Waals surface area contributed by atoms with E-state index in [1.54, 1.807) is 16.7 Å². The first kappa shape index (κ1) is 23.8.